The molecular weight excluding hydrogens is 568 g/mol. The van der Waals surface area contributed by atoms with Gasteiger partial charge in [0, 0.05) is 49.7 Å². The second kappa shape index (κ2) is 31.3. The highest BCUT2D eigenvalue weighted by Gasteiger charge is 2.11. The maximum atomic E-state index is 12.6. The zero-order valence-electron chi connectivity index (χ0n) is 27.2. The Kier molecular flexibility index (Phi) is 35.3. The Morgan fingerprint density at radius 2 is 0.652 bits per heavy atom. The fourth-order valence-corrected chi connectivity index (χ4v) is 4.00. The van der Waals surface area contributed by atoms with E-state index in [-0.39, 0.29) is 52.8 Å². The lowest BCUT2D eigenvalue weighted by atomic mass is 9.97. The van der Waals surface area contributed by atoms with Gasteiger partial charge in [-0.25, -0.2) is 0 Å². The zero-order chi connectivity index (χ0) is 31.9. The van der Waals surface area contributed by atoms with Crippen LogP contribution < -0.4 is 0 Å². The van der Waals surface area contributed by atoms with Gasteiger partial charge in [0.1, 0.15) is 11.6 Å². The van der Waals surface area contributed by atoms with E-state index in [4.69, 9.17) is 0 Å². The van der Waals surface area contributed by atoms with E-state index >= 15 is 0 Å². The van der Waals surface area contributed by atoms with Crippen molar-refractivity contribution >= 4 is 23.1 Å². The van der Waals surface area contributed by atoms with Crippen molar-refractivity contribution in [2.45, 2.75) is 136 Å². The number of hydrogen-bond acceptors (Lipinski definition) is 4. The number of Topliss-reactive ketones (excluding diaryl/α,β-unsaturated/α-hetero) is 4. The van der Waals surface area contributed by atoms with Gasteiger partial charge in [0.15, 0.2) is 11.6 Å². The molecule has 46 heavy (non-hydrogen) atoms. The largest absolute Gasteiger partial charge is 0.299 e. The molecule has 3 aromatic rings. The molecule has 0 bridgehead atoms. The molecule has 0 aliphatic rings. The minimum Gasteiger partial charge on any atom is -0.299 e. The van der Waals surface area contributed by atoms with Gasteiger partial charge < -0.3 is 0 Å². The van der Waals surface area contributed by atoms with E-state index in [0.29, 0.717) is 62.5 Å². The Morgan fingerprint density at radius 1 is 0.413 bits per heavy atom. The van der Waals surface area contributed by atoms with Crippen LogP contribution >= 0.6 is 0 Å². The number of aryl methyl sites for hydroxylation is 2. The third-order valence-electron chi connectivity index (χ3n) is 6.45. The van der Waals surface area contributed by atoms with Crippen LogP contribution in [0.1, 0.15) is 154 Å². The van der Waals surface area contributed by atoms with Crippen LogP contribution in [-0.2, 0) is 35.3 Å². The number of carbonyl (C=O) groups is 4. The lowest BCUT2D eigenvalue weighted by Crippen LogP contribution is -2.05. The maximum Gasteiger partial charge on any atom is 0.163 e. The van der Waals surface area contributed by atoms with E-state index in [0.717, 1.165) is 22.3 Å². The molecular formula is C42H68O4. The van der Waals surface area contributed by atoms with Crippen LogP contribution in [0.15, 0.2) is 72.8 Å². The van der Waals surface area contributed by atoms with E-state index in [2.05, 4.69) is 0 Å². The topological polar surface area (TPSA) is 68.3 Å². The van der Waals surface area contributed by atoms with Crippen molar-refractivity contribution in [1.82, 2.24) is 0 Å². The van der Waals surface area contributed by atoms with Crippen molar-refractivity contribution in [3.63, 3.8) is 0 Å². The SMILES string of the molecule is C.C.C.C.CC.CC.CC.CCC(=O)Cc1ccc(CCC(=O)c2ccc(C(=O)CCc3ccc(CC(=O)CC)cc3)cc2)cc1. The van der Waals surface area contributed by atoms with Crippen molar-refractivity contribution in [3.8, 4) is 0 Å². The lowest BCUT2D eigenvalue weighted by molar-refractivity contribution is -0.118. The Hall–Kier alpha value is -3.66. The Morgan fingerprint density at radius 3 is 0.891 bits per heavy atom. The molecule has 0 unspecified atom stereocenters. The minimum atomic E-state index is 0. The number of benzene rings is 3. The zero-order valence-corrected chi connectivity index (χ0v) is 27.2. The summed E-state index contributed by atoms with van der Waals surface area (Å²) < 4.78 is 0. The first-order chi connectivity index (χ1) is 20.4. The average molecular weight is 637 g/mol. The van der Waals surface area contributed by atoms with Crippen LogP contribution in [-0.4, -0.2) is 23.1 Å². The molecule has 4 heteroatoms. The van der Waals surface area contributed by atoms with E-state index in [9.17, 15) is 19.2 Å². The summed E-state index contributed by atoms with van der Waals surface area (Å²) in [6.45, 7) is 15.7. The molecule has 0 heterocycles. The van der Waals surface area contributed by atoms with Gasteiger partial charge in [-0.2, -0.15) is 0 Å². The van der Waals surface area contributed by atoms with Gasteiger partial charge in [-0.1, -0.05) is 158 Å². The van der Waals surface area contributed by atoms with Crippen LogP contribution in [0, 0.1) is 0 Å². The minimum absolute atomic E-state index is 0. The standard InChI is InChI=1S/C32H34O4.3C2H6.4CH4/c1-3-29(33)21-25-9-5-23(6-10-25)13-19-31(35)27-15-17-28(18-16-27)32(36)20-14-24-7-11-26(12-8-24)22-30(34)4-2;3*1-2;;;;/h5-12,15-18H,3-4,13-14,19-22H2,1-2H3;3*1-2H3;4*1H4. The molecule has 3 aromatic carbocycles. The van der Waals surface area contributed by atoms with Crippen LogP contribution in [0.25, 0.3) is 0 Å². The molecule has 0 N–H and O–H groups in total. The molecule has 0 aromatic heterocycles. The number of hydrogen-bond donors (Lipinski definition) is 0. The Balaban J connectivity index is -0.000000529. The molecule has 0 radical (unpaired) electrons. The first-order valence-electron chi connectivity index (χ1n) is 15.7. The van der Waals surface area contributed by atoms with Gasteiger partial charge in [-0.15, -0.1) is 0 Å². The summed E-state index contributed by atoms with van der Waals surface area (Å²) in [4.78, 5) is 48.4. The van der Waals surface area contributed by atoms with Crippen LogP contribution in [0.4, 0.5) is 0 Å². The molecule has 0 atom stereocenters. The molecule has 0 amide bonds. The Bertz CT molecular complexity index is 1090. The van der Waals surface area contributed by atoms with Gasteiger partial charge in [0.05, 0.1) is 0 Å². The third kappa shape index (κ3) is 19.7. The normalized spacial score (nSPS) is 8.78. The number of rotatable bonds is 14. The summed E-state index contributed by atoms with van der Waals surface area (Å²) in [5.74, 6) is 0.520. The predicted molar refractivity (Wildman–Crippen MR) is 204 cm³/mol. The van der Waals surface area contributed by atoms with E-state index in [1.54, 1.807) is 24.3 Å². The molecule has 0 saturated carbocycles. The third-order valence-corrected chi connectivity index (χ3v) is 6.45. The summed E-state index contributed by atoms with van der Waals surface area (Å²) in [7, 11) is 0. The molecule has 0 aliphatic heterocycles. The summed E-state index contributed by atoms with van der Waals surface area (Å²) in [6.07, 6.45) is 4.03. The molecule has 0 saturated heterocycles. The van der Waals surface area contributed by atoms with Gasteiger partial charge >= 0.3 is 0 Å². The summed E-state index contributed by atoms with van der Waals surface area (Å²) >= 11 is 0. The van der Waals surface area contributed by atoms with Crippen molar-refractivity contribution < 1.29 is 19.2 Å². The van der Waals surface area contributed by atoms with Crippen LogP contribution in [0.2, 0.25) is 0 Å². The first kappa shape index (κ1) is 51.9. The van der Waals surface area contributed by atoms with Crippen molar-refractivity contribution in [1.29, 1.82) is 0 Å². The molecule has 260 valence electrons. The van der Waals surface area contributed by atoms with Crippen LogP contribution in [0.5, 0.6) is 0 Å². The first-order valence-corrected chi connectivity index (χ1v) is 15.7. The molecule has 0 fully saturated rings. The highest BCUT2D eigenvalue weighted by Crippen LogP contribution is 2.15. The predicted octanol–water partition coefficient (Wildman–Crippen LogP) is 12.0. The highest BCUT2D eigenvalue weighted by molar-refractivity contribution is 5.99. The molecule has 0 aliphatic carbocycles. The number of ketones is 4. The highest BCUT2D eigenvalue weighted by atomic mass is 16.1. The summed E-state index contributed by atoms with van der Waals surface area (Å²) in [5.41, 5.74) is 5.33. The molecule has 4 nitrogen and oxygen atoms in total. The number of carbonyl (C=O) groups excluding carboxylic acids is 4. The smallest absolute Gasteiger partial charge is 0.163 e. The van der Waals surface area contributed by atoms with Crippen LogP contribution in [0.3, 0.4) is 0 Å². The van der Waals surface area contributed by atoms with Gasteiger partial charge in [0.2, 0.25) is 0 Å². The van der Waals surface area contributed by atoms with Crippen molar-refractivity contribution in [3.05, 3.63) is 106 Å². The quantitative estimate of drug-likeness (QED) is 0.165. The fourth-order valence-electron chi connectivity index (χ4n) is 4.00. The van der Waals surface area contributed by atoms with Gasteiger partial charge in [-0.05, 0) is 35.1 Å². The second-order valence-electron chi connectivity index (χ2n) is 9.19. The summed E-state index contributed by atoms with van der Waals surface area (Å²) in [6, 6.07) is 22.6. The summed E-state index contributed by atoms with van der Waals surface area (Å²) in [5, 5.41) is 0. The molecule has 0 spiro atoms. The van der Waals surface area contributed by atoms with Gasteiger partial charge in [0.25, 0.3) is 0 Å². The molecule has 3 rings (SSSR count). The van der Waals surface area contributed by atoms with Gasteiger partial charge in [-0.3, -0.25) is 19.2 Å². The van der Waals surface area contributed by atoms with Crippen molar-refractivity contribution in [2.24, 2.45) is 0 Å². The van der Waals surface area contributed by atoms with E-state index < -0.39 is 0 Å². The monoisotopic (exact) mass is 637 g/mol. The van der Waals surface area contributed by atoms with E-state index in [1.165, 1.54) is 0 Å². The van der Waals surface area contributed by atoms with Crippen molar-refractivity contribution in [2.75, 3.05) is 0 Å². The second-order valence-corrected chi connectivity index (χ2v) is 9.19. The van der Waals surface area contributed by atoms with E-state index in [1.807, 2.05) is 104 Å². The Labute approximate surface area is 284 Å². The fraction of sp³-hybridized carbons (Fsp3) is 0.476. The lowest BCUT2D eigenvalue weighted by Gasteiger charge is -2.06. The maximum absolute atomic E-state index is 12.6. The average Bonchev–Trinajstić information content (AvgIpc) is 3.06.